The van der Waals surface area contributed by atoms with Crippen LogP contribution < -0.4 is 10.0 Å². The molecule has 0 spiro atoms. The number of hydrogen-bond donors (Lipinski definition) is 2. The summed E-state index contributed by atoms with van der Waals surface area (Å²) in [6, 6.07) is 11.2. The molecule has 3 rings (SSSR count). The summed E-state index contributed by atoms with van der Waals surface area (Å²) in [6.45, 7) is 0. The Morgan fingerprint density at radius 3 is 2.33 bits per heavy atom. The lowest BCUT2D eigenvalue weighted by atomic mass is 10.2. The zero-order chi connectivity index (χ0) is 17.3. The highest BCUT2D eigenvalue weighted by Crippen LogP contribution is 2.31. The molecular formula is C16H14Cl2N2O3S. The van der Waals surface area contributed by atoms with Gasteiger partial charge in [0.15, 0.2) is 0 Å². The van der Waals surface area contributed by atoms with E-state index in [1.54, 1.807) is 24.3 Å². The highest BCUT2D eigenvalue weighted by molar-refractivity contribution is 7.89. The average Bonchev–Trinajstić information content (AvgIpc) is 3.31. The van der Waals surface area contributed by atoms with Crippen LogP contribution in [0, 0.1) is 0 Å². The first-order valence-electron chi connectivity index (χ1n) is 7.24. The van der Waals surface area contributed by atoms with E-state index >= 15 is 0 Å². The molecule has 5 nitrogen and oxygen atoms in total. The molecule has 1 aliphatic carbocycles. The van der Waals surface area contributed by atoms with Crippen LogP contribution in [0.4, 0.5) is 5.69 Å². The quantitative estimate of drug-likeness (QED) is 0.825. The molecule has 0 radical (unpaired) electrons. The SMILES string of the molecule is O=C(Nc1ccccc1)c1cc(S(=O)(=O)NC2CC2)c(Cl)cc1Cl. The first-order chi connectivity index (χ1) is 11.4. The normalized spacial score (nSPS) is 14.4. The minimum absolute atomic E-state index is 0.0237. The maximum absolute atomic E-state index is 12.4. The third kappa shape index (κ3) is 3.89. The van der Waals surface area contributed by atoms with Gasteiger partial charge in [-0.05, 0) is 37.1 Å². The summed E-state index contributed by atoms with van der Waals surface area (Å²) < 4.78 is 27.3. The molecular weight excluding hydrogens is 371 g/mol. The molecule has 24 heavy (non-hydrogen) atoms. The Morgan fingerprint density at radius 1 is 1.04 bits per heavy atom. The van der Waals surface area contributed by atoms with E-state index in [2.05, 4.69) is 10.0 Å². The molecule has 0 heterocycles. The summed E-state index contributed by atoms with van der Waals surface area (Å²) in [5, 5.41) is 2.73. The van der Waals surface area contributed by atoms with Crippen molar-refractivity contribution in [3.8, 4) is 0 Å². The monoisotopic (exact) mass is 384 g/mol. The fraction of sp³-hybridized carbons (Fsp3) is 0.188. The minimum atomic E-state index is -3.79. The number of anilines is 1. The molecule has 1 saturated carbocycles. The van der Waals surface area contributed by atoms with Crippen LogP contribution in [-0.2, 0) is 10.0 Å². The summed E-state index contributed by atoms with van der Waals surface area (Å²) in [5.41, 5.74) is 0.620. The highest BCUT2D eigenvalue weighted by Gasteiger charge is 2.30. The van der Waals surface area contributed by atoms with E-state index in [4.69, 9.17) is 23.2 Å². The van der Waals surface area contributed by atoms with Gasteiger partial charge < -0.3 is 5.32 Å². The van der Waals surface area contributed by atoms with E-state index < -0.39 is 15.9 Å². The number of amides is 1. The second kappa shape index (κ2) is 6.72. The predicted octanol–water partition coefficient (Wildman–Crippen LogP) is 3.69. The lowest BCUT2D eigenvalue weighted by Crippen LogP contribution is -2.26. The summed E-state index contributed by atoms with van der Waals surface area (Å²) >= 11 is 12.1. The molecule has 0 unspecified atom stereocenters. The molecule has 0 bridgehead atoms. The molecule has 8 heteroatoms. The van der Waals surface area contributed by atoms with E-state index in [1.165, 1.54) is 12.1 Å². The summed E-state index contributed by atoms with van der Waals surface area (Å²) in [5.74, 6) is -0.509. The number of nitrogens with one attached hydrogen (secondary N) is 2. The predicted molar refractivity (Wildman–Crippen MR) is 94.2 cm³/mol. The second-order valence-corrected chi connectivity index (χ2v) is 7.97. The van der Waals surface area contributed by atoms with Crippen molar-refractivity contribution in [2.75, 3.05) is 5.32 Å². The van der Waals surface area contributed by atoms with E-state index in [1.807, 2.05) is 6.07 Å². The van der Waals surface area contributed by atoms with Gasteiger partial charge in [0.2, 0.25) is 10.0 Å². The van der Waals surface area contributed by atoms with E-state index in [-0.39, 0.29) is 26.5 Å². The Kier molecular flexibility index (Phi) is 4.83. The van der Waals surface area contributed by atoms with E-state index in [0.29, 0.717) is 5.69 Å². The smallest absolute Gasteiger partial charge is 0.257 e. The minimum Gasteiger partial charge on any atom is -0.322 e. The fourth-order valence-corrected chi connectivity index (χ4v) is 4.28. The van der Waals surface area contributed by atoms with Crippen molar-refractivity contribution in [3.63, 3.8) is 0 Å². The number of carbonyl (C=O) groups excluding carboxylic acids is 1. The summed E-state index contributed by atoms with van der Waals surface area (Å²) in [6.07, 6.45) is 1.59. The highest BCUT2D eigenvalue weighted by atomic mass is 35.5. The van der Waals surface area contributed by atoms with Crippen LogP contribution in [0.3, 0.4) is 0 Å². The van der Waals surface area contributed by atoms with Gasteiger partial charge in [-0.15, -0.1) is 0 Å². The number of benzene rings is 2. The van der Waals surface area contributed by atoms with Crippen LogP contribution in [0.5, 0.6) is 0 Å². The Hall–Kier alpha value is -1.60. The van der Waals surface area contributed by atoms with Crippen LogP contribution in [0.25, 0.3) is 0 Å². The molecule has 126 valence electrons. The average molecular weight is 385 g/mol. The van der Waals surface area contributed by atoms with Gasteiger partial charge in [0.1, 0.15) is 4.90 Å². The van der Waals surface area contributed by atoms with Crippen molar-refractivity contribution >= 4 is 44.8 Å². The second-order valence-electron chi connectivity index (χ2n) is 5.48. The van der Waals surface area contributed by atoms with E-state index in [0.717, 1.165) is 12.8 Å². The Bertz CT molecular complexity index is 882. The summed E-state index contributed by atoms with van der Waals surface area (Å²) in [7, 11) is -3.79. The van der Waals surface area contributed by atoms with Gasteiger partial charge >= 0.3 is 0 Å². The molecule has 2 aromatic carbocycles. The number of halogens is 2. The number of carbonyl (C=O) groups is 1. The van der Waals surface area contributed by atoms with Crippen molar-refractivity contribution in [2.45, 2.75) is 23.8 Å². The lowest BCUT2D eigenvalue weighted by Gasteiger charge is -2.12. The largest absolute Gasteiger partial charge is 0.322 e. The molecule has 1 amide bonds. The van der Waals surface area contributed by atoms with Gasteiger partial charge in [0.25, 0.3) is 5.91 Å². The number of rotatable bonds is 5. The van der Waals surface area contributed by atoms with Crippen molar-refractivity contribution in [1.29, 1.82) is 0 Å². The van der Waals surface area contributed by atoms with Gasteiger partial charge in [-0.25, -0.2) is 13.1 Å². The third-order valence-electron chi connectivity index (χ3n) is 3.49. The van der Waals surface area contributed by atoms with Crippen molar-refractivity contribution < 1.29 is 13.2 Å². The molecule has 2 aromatic rings. The van der Waals surface area contributed by atoms with Crippen LogP contribution in [0.2, 0.25) is 10.0 Å². The maximum Gasteiger partial charge on any atom is 0.257 e. The zero-order valence-corrected chi connectivity index (χ0v) is 14.8. The van der Waals surface area contributed by atoms with Crippen molar-refractivity contribution in [3.05, 3.63) is 58.1 Å². The Labute approximate surface area is 150 Å². The standard InChI is InChI=1S/C16H14Cl2N2O3S/c17-13-9-14(18)15(24(22,23)20-11-6-7-11)8-12(13)16(21)19-10-4-2-1-3-5-10/h1-5,8-9,11,20H,6-7H2,(H,19,21). The van der Waals surface area contributed by atoms with Crippen molar-refractivity contribution in [1.82, 2.24) is 4.72 Å². The van der Waals surface area contributed by atoms with Gasteiger partial charge in [-0.3, -0.25) is 4.79 Å². The first kappa shape index (κ1) is 17.2. The number of hydrogen-bond acceptors (Lipinski definition) is 3. The molecule has 1 aliphatic rings. The van der Waals surface area contributed by atoms with Crippen LogP contribution >= 0.6 is 23.2 Å². The topological polar surface area (TPSA) is 75.3 Å². The van der Waals surface area contributed by atoms with Crippen molar-refractivity contribution in [2.24, 2.45) is 0 Å². The molecule has 0 aromatic heterocycles. The van der Waals surface area contributed by atoms with Crippen LogP contribution in [0.15, 0.2) is 47.4 Å². The Balaban J connectivity index is 1.93. The molecule has 0 aliphatic heterocycles. The van der Waals surface area contributed by atoms with Gasteiger partial charge in [-0.2, -0.15) is 0 Å². The lowest BCUT2D eigenvalue weighted by molar-refractivity contribution is 0.102. The molecule has 0 atom stereocenters. The van der Waals surface area contributed by atoms with E-state index in [9.17, 15) is 13.2 Å². The van der Waals surface area contributed by atoms with Crippen LogP contribution in [-0.4, -0.2) is 20.4 Å². The third-order valence-corrected chi connectivity index (χ3v) is 5.78. The van der Waals surface area contributed by atoms with Crippen LogP contribution in [0.1, 0.15) is 23.2 Å². The molecule has 1 fully saturated rings. The molecule has 0 saturated heterocycles. The maximum atomic E-state index is 12.4. The zero-order valence-electron chi connectivity index (χ0n) is 12.4. The summed E-state index contributed by atoms with van der Waals surface area (Å²) in [4.78, 5) is 12.3. The van der Waals surface area contributed by atoms with Gasteiger partial charge in [0, 0.05) is 11.7 Å². The Morgan fingerprint density at radius 2 is 1.71 bits per heavy atom. The first-order valence-corrected chi connectivity index (χ1v) is 9.48. The molecule has 2 N–H and O–H groups in total. The number of para-hydroxylation sites is 1. The fourth-order valence-electron chi connectivity index (χ4n) is 2.11. The van der Waals surface area contributed by atoms with Gasteiger partial charge in [-0.1, -0.05) is 41.4 Å². The van der Waals surface area contributed by atoms with Gasteiger partial charge in [0.05, 0.1) is 15.6 Å². The number of sulfonamides is 1.